The number of benzene rings is 2. The average molecular weight is 305 g/mol. The molecular formula is C14H10BrFN2. The molecule has 0 aliphatic rings. The number of fused-ring (bicyclic) bond motifs is 1. The molecule has 0 aliphatic carbocycles. The van der Waals surface area contributed by atoms with E-state index in [-0.39, 0.29) is 5.82 Å². The molecule has 3 aromatic rings. The van der Waals surface area contributed by atoms with E-state index in [1.165, 1.54) is 6.07 Å². The van der Waals surface area contributed by atoms with Crippen molar-refractivity contribution >= 4 is 38.2 Å². The minimum absolute atomic E-state index is 0.262. The van der Waals surface area contributed by atoms with E-state index in [0.717, 1.165) is 21.1 Å². The number of aromatic nitrogens is 1. The first-order valence-electron chi connectivity index (χ1n) is 5.52. The number of nitrogens with one attached hydrogen (secondary N) is 2. The van der Waals surface area contributed by atoms with Crippen LogP contribution in [0, 0.1) is 5.82 Å². The Balaban J connectivity index is 2.05. The Morgan fingerprint density at radius 1 is 1.06 bits per heavy atom. The van der Waals surface area contributed by atoms with Gasteiger partial charge in [0.05, 0.1) is 11.4 Å². The van der Waals surface area contributed by atoms with Gasteiger partial charge in [-0.25, -0.2) is 4.39 Å². The summed E-state index contributed by atoms with van der Waals surface area (Å²) >= 11 is 3.44. The largest absolute Gasteiger partial charge is 0.359 e. The van der Waals surface area contributed by atoms with Crippen molar-refractivity contribution in [2.45, 2.75) is 0 Å². The predicted molar refractivity (Wildman–Crippen MR) is 75.7 cm³/mol. The van der Waals surface area contributed by atoms with E-state index in [0.29, 0.717) is 5.69 Å². The fraction of sp³-hybridized carbons (Fsp3) is 0. The molecule has 90 valence electrons. The van der Waals surface area contributed by atoms with E-state index in [1.54, 1.807) is 18.2 Å². The second-order valence-corrected chi connectivity index (χ2v) is 4.91. The molecule has 0 spiro atoms. The Kier molecular flexibility index (Phi) is 2.80. The first-order valence-corrected chi connectivity index (χ1v) is 6.31. The molecule has 0 unspecified atom stereocenters. The summed E-state index contributed by atoms with van der Waals surface area (Å²) in [6, 6.07) is 12.6. The van der Waals surface area contributed by atoms with Gasteiger partial charge in [0.15, 0.2) is 0 Å². The molecule has 0 amide bonds. The summed E-state index contributed by atoms with van der Waals surface area (Å²) < 4.78 is 14.6. The summed E-state index contributed by atoms with van der Waals surface area (Å²) in [5, 5.41) is 4.12. The van der Waals surface area contributed by atoms with Crippen molar-refractivity contribution < 1.29 is 4.39 Å². The average Bonchev–Trinajstić information content (AvgIpc) is 2.75. The van der Waals surface area contributed by atoms with Crippen LogP contribution in [0.5, 0.6) is 0 Å². The summed E-state index contributed by atoms with van der Waals surface area (Å²) in [7, 11) is 0. The van der Waals surface area contributed by atoms with Crippen LogP contribution in [0.2, 0.25) is 0 Å². The van der Waals surface area contributed by atoms with Crippen LogP contribution in [-0.4, -0.2) is 4.98 Å². The molecule has 0 radical (unpaired) electrons. The van der Waals surface area contributed by atoms with E-state index in [2.05, 4.69) is 26.2 Å². The number of rotatable bonds is 2. The lowest BCUT2D eigenvalue weighted by Gasteiger charge is -2.05. The van der Waals surface area contributed by atoms with Gasteiger partial charge in [-0.15, -0.1) is 0 Å². The highest BCUT2D eigenvalue weighted by molar-refractivity contribution is 9.10. The minimum Gasteiger partial charge on any atom is -0.359 e. The van der Waals surface area contributed by atoms with Crippen LogP contribution >= 0.6 is 15.9 Å². The fourth-order valence-corrected chi connectivity index (χ4v) is 2.27. The predicted octanol–water partition coefficient (Wildman–Crippen LogP) is 4.81. The highest BCUT2D eigenvalue weighted by Gasteiger charge is 2.06. The molecule has 2 nitrogen and oxygen atoms in total. The molecule has 0 saturated heterocycles. The van der Waals surface area contributed by atoms with Gasteiger partial charge < -0.3 is 10.3 Å². The number of H-pyrrole nitrogens is 1. The van der Waals surface area contributed by atoms with Crippen molar-refractivity contribution in [1.29, 1.82) is 0 Å². The van der Waals surface area contributed by atoms with Gasteiger partial charge >= 0.3 is 0 Å². The molecule has 1 heterocycles. The Hall–Kier alpha value is -1.81. The molecule has 0 aliphatic heterocycles. The Morgan fingerprint density at radius 3 is 2.72 bits per heavy atom. The third-order valence-corrected chi connectivity index (χ3v) is 3.28. The third kappa shape index (κ3) is 1.99. The summed E-state index contributed by atoms with van der Waals surface area (Å²) in [6.07, 6.45) is 1.84. The lowest BCUT2D eigenvalue weighted by molar-refractivity contribution is 0.632. The maximum absolute atomic E-state index is 13.6. The summed E-state index contributed by atoms with van der Waals surface area (Å²) in [6.45, 7) is 0. The zero-order valence-corrected chi connectivity index (χ0v) is 11.0. The highest BCUT2D eigenvalue weighted by Crippen LogP contribution is 2.29. The number of anilines is 2. The second kappa shape index (κ2) is 4.46. The van der Waals surface area contributed by atoms with Crippen LogP contribution in [0.15, 0.2) is 53.1 Å². The molecule has 0 atom stereocenters. The van der Waals surface area contributed by atoms with E-state index in [9.17, 15) is 4.39 Å². The highest BCUT2D eigenvalue weighted by atomic mass is 79.9. The summed E-state index contributed by atoms with van der Waals surface area (Å²) in [4.78, 5) is 3.15. The van der Waals surface area contributed by atoms with Crippen LogP contribution in [0.25, 0.3) is 10.9 Å². The minimum atomic E-state index is -0.262. The maximum Gasteiger partial charge on any atom is 0.146 e. The Morgan fingerprint density at radius 2 is 1.89 bits per heavy atom. The van der Waals surface area contributed by atoms with E-state index < -0.39 is 0 Å². The molecule has 3 rings (SSSR count). The van der Waals surface area contributed by atoms with Crippen LogP contribution < -0.4 is 5.32 Å². The molecule has 0 saturated carbocycles. The fourth-order valence-electron chi connectivity index (χ4n) is 1.90. The number of hydrogen-bond donors (Lipinski definition) is 2. The van der Waals surface area contributed by atoms with Gasteiger partial charge in [0, 0.05) is 21.6 Å². The molecule has 2 aromatic carbocycles. The number of halogens is 2. The summed E-state index contributed by atoms with van der Waals surface area (Å²) in [5.41, 5.74) is 2.34. The quantitative estimate of drug-likeness (QED) is 0.698. The van der Waals surface area contributed by atoms with E-state index in [4.69, 9.17) is 0 Å². The van der Waals surface area contributed by atoms with Crippen LogP contribution in [-0.2, 0) is 0 Å². The maximum atomic E-state index is 13.6. The monoisotopic (exact) mass is 304 g/mol. The first-order chi connectivity index (χ1) is 8.74. The van der Waals surface area contributed by atoms with Crippen LogP contribution in [0.4, 0.5) is 15.8 Å². The third-order valence-electron chi connectivity index (χ3n) is 2.79. The van der Waals surface area contributed by atoms with Crippen molar-refractivity contribution in [1.82, 2.24) is 4.98 Å². The van der Waals surface area contributed by atoms with Gasteiger partial charge in [-0.05, 0) is 30.3 Å². The Labute approximate surface area is 112 Å². The van der Waals surface area contributed by atoms with Crippen molar-refractivity contribution in [3.8, 4) is 0 Å². The number of aromatic amines is 1. The molecule has 2 N–H and O–H groups in total. The SMILES string of the molecule is Fc1ccccc1Nc1c[nH]c2ccc(Br)cc12. The van der Waals surface area contributed by atoms with Crippen LogP contribution in [0.1, 0.15) is 0 Å². The van der Waals surface area contributed by atoms with Crippen molar-refractivity contribution in [3.05, 3.63) is 59.0 Å². The Bertz CT molecular complexity index is 706. The topological polar surface area (TPSA) is 27.8 Å². The van der Waals surface area contributed by atoms with Crippen molar-refractivity contribution in [2.75, 3.05) is 5.32 Å². The van der Waals surface area contributed by atoms with E-state index >= 15 is 0 Å². The van der Waals surface area contributed by atoms with Gasteiger partial charge in [0.25, 0.3) is 0 Å². The zero-order valence-electron chi connectivity index (χ0n) is 9.37. The molecule has 0 bridgehead atoms. The van der Waals surface area contributed by atoms with Crippen molar-refractivity contribution in [3.63, 3.8) is 0 Å². The normalized spacial score (nSPS) is 10.8. The standard InChI is InChI=1S/C14H10BrFN2/c15-9-5-6-12-10(7-9)14(8-17-12)18-13-4-2-1-3-11(13)16/h1-8,17-18H. The molecule has 4 heteroatoms. The first kappa shape index (κ1) is 11.3. The lowest BCUT2D eigenvalue weighted by Crippen LogP contribution is -1.92. The second-order valence-electron chi connectivity index (χ2n) is 4.00. The van der Waals surface area contributed by atoms with Gasteiger partial charge in [0.2, 0.25) is 0 Å². The number of hydrogen-bond acceptors (Lipinski definition) is 1. The smallest absolute Gasteiger partial charge is 0.146 e. The van der Waals surface area contributed by atoms with Gasteiger partial charge in [-0.1, -0.05) is 28.1 Å². The van der Waals surface area contributed by atoms with Crippen molar-refractivity contribution in [2.24, 2.45) is 0 Å². The number of para-hydroxylation sites is 1. The molecule has 18 heavy (non-hydrogen) atoms. The molecule has 0 fully saturated rings. The molecule has 1 aromatic heterocycles. The van der Waals surface area contributed by atoms with Gasteiger partial charge in [-0.2, -0.15) is 0 Å². The van der Waals surface area contributed by atoms with Gasteiger partial charge in [0.1, 0.15) is 5.82 Å². The van der Waals surface area contributed by atoms with Crippen LogP contribution in [0.3, 0.4) is 0 Å². The lowest BCUT2D eigenvalue weighted by atomic mass is 10.2. The van der Waals surface area contributed by atoms with E-state index in [1.807, 2.05) is 24.4 Å². The molecular weight excluding hydrogens is 295 g/mol. The summed E-state index contributed by atoms with van der Waals surface area (Å²) in [5.74, 6) is -0.262. The zero-order chi connectivity index (χ0) is 12.5. The van der Waals surface area contributed by atoms with Gasteiger partial charge in [-0.3, -0.25) is 0 Å².